The third-order valence-corrected chi connectivity index (χ3v) is 4.65. The first-order chi connectivity index (χ1) is 13.6. The van der Waals surface area contributed by atoms with Gasteiger partial charge in [0, 0.05) is 11.8 Å². The van der Waals surface area contributed by atoms with Crippen LogP contribution in [-0.4, -0.2) is 24.4 Å². The molecule has 0 aliphatic heterocycles. The number of rotatable bonds is 6. The number of halogens is 3. The molecule has 0 heterocycles. The predicted molar refractivity (Wildman–Crippen MR) is 107 cm³/mol. The highest BCUT2D eigenvalue weighted by molar-refractivity contribution is 6.10. The molecule has 0 aromatic heterocycles. The van der Waals surface area contributed by atoms with Gasteiger partial charge in [-0.25, -0.2) is 4.79 Å². The molecule has 0 N–H and O–H groups in total. The van der Waals surface area contributed by atoms with Crippen LogP contribution in [0.25, 0.3) is 21.5 Å². The first kappa shape index (κ1) is 20.7. The number of hydrogen-bond donors (Lipinski definition) is 0. The largest absolute Gasteiger partial charge is 0.493 e. The van der Waals surface area contributed by atoms with Crippen molar-refractivity contribution in [3.05, 3.63) is 66.7 Å². The highest BCUT2D eigenvalue weighted by Gasteiger charge is 2.39. The standard InChI is InChI=1S/C23H21F3O3/c1-15(23(24,25)26)21(27)29-22(2,3)12-13-28-20-14-16-8-4-5-9-17(16)18-10-6-7-11-19(18)20/h4-11,14H,1,12-13H2,2-3H3. The lowest BCUT2D eigenvalue weighted by molar-refractivity contribution is -0.162. The van der Waals surface area contributed by atoms with Crippen LogP contribution in [0.2, 0.25) is 0 Å². The Morgan fingerprint density at radius 3 is 2.21 bits per heavy atom. The maximum atomic E-state index is 12.6. The quantitative estimate of drug-likeness (QED) is 0.280. The van der Waals surface area contributed by atoms with Crippen molar-refractivity contribution in [2.75, 3.05) is 6.61 Å². The van der Waals surface area contributed by atoms with Gasteiger partial charge in [-0.15, -0.1) is 0 Å². The molecule has 0 radical (unpaired) electrons. The van der Waals surface area contributed by atoms with Gasteiger partial charge >= 0.3 is 12.1 Å². The van der Waals surface area contributed by atoms with Gasteiger partial charge in [0.25, 0.3) is 0 Å². The summed E-state index contributed by atoms with van der Waals surface area (Å²) in [6.45, 7) is 6.01. The normalized spacial score (nSPS) is 12.2. The average Bonchev–Trinajstić information content (AvgIpc) is 2.66. The van der Waals surface area contributed by atoms with Crippen LogP contribution in [-0.2, 0) is 9.53 Å². The van der Waals surface area contributed by atoms with Crippen molar-refractivity contribution in [1.82, 2.24) is 0 Å². The average molecular weight is 402 g/mol. The molecule has 3 rings (SSSR count). The van der Waals surface area contributed by atoms with Crippen LogP contribution in [0.4, 0.5) is 13.2 Å². The molecule has 0 bridgehead atoms. The van der Waals surface area contributed by atoms with E-state index in [2.05, 4.69) is 6.58 Å². The smallest absolute Gasteiger partial charge is 0.422 e. The summed E-state index contributed by atoms with van der Waals surface area (Å²) in [6.07, 6.45) is -4.60. The Bertz CT molecular complexity index is 1070. The maximum absolute atomic E-state index is 12.6. The Morgan fingerprint density at radius 2 is 1.55 bits per heavy atom. The van der Waals surface area contributed by atoms with Gasteiger partial charge in [-0.1, -0.05) is 55.1 Å². The van der Waals surface area contributed by atoms with Crippen LogP contribution in [0.3, 0.4) is 0 Å². The van der Waals surface area contributed by atoms with Crippen LogP contribution >= 0.6 is 0 Å². The molecule has 6 heteroatoms. The zero-order valence-corrected chi connectivity index (χ0v) is 16.2. The second kappa shape index (κ2) is 7.78. The van der Waals surface area contributed by atoms with Gasteiger partial charge in [0.2, 0.25) is 0 Å². The van der Waals surface area contributed by atoms with Crippen molar-refractivity contribution in [1.29, 1.82) is 0 Å². The molecule has 3 aromatic carbocycles. The molecular weight excluding hydrogens is 381 g/mol. The van der Waals surface area contributed by atoms with E-state index in [1.165, 1.54) is 13.8 Å². The highest BCUT2D eigenvalue weighted by Crippen LogP contribution is 2.34. The molecule has 0 atom stereocenters. The van der Waals surface area contributed by atoms with E-state index in [0.29, 0.717) is 5.75 Å². The molecule has 0 fully saturated rings. The molecule has 0 amide bonds. The monoisotopic (exact) mass is 402 g/mol. The van der Waals surface area contributed by atoms with Gasteiger partial charge < -0.3 is 9.47 Å². The molecule has 0 saturated heterocycles. The van der Waals surface area contributed by atoms with Crippen LogP contribution in [0, 0.1) is 0 Å². The van der Waals surface area contributed by atoms with E-state index in [-0.39, 0.29) is 13.0 Å². The number of carbonyl (C=O) groups is 1. The van der Waals surface area contributed by atoms with Gasteiger partial charge in [-0.3, -0.25) is 0 Å². The van der Waals surface area contributed by atoms with E-state index >= 15 is 0 Å². The second-order valence-corrected chi connectivity index (χ2v) is 7.37. The Balaban J connectivity index is 1.73. The molecule has 0 saturated carbocycles. The van der Waals surface area contributed by atoms with Crippen molar-refractivity contribution >= 4 is 27.5 Å². The summed E-state index contributed by atoms with van der Waals surface area (Å²) in [4.78, 5) is 11.7. The molecule has 152 valence electrons. The summed E-state index contributed by atoms with van der Waals surface area (Å²) in [7, 11) is 0. The molecule has 0 aliphatic carbocycles. The lowest BCUT2D eigenvalue weighted by atomic mass is 10.0. The Kier molecular flexibility index (Phi) is 5.55. The first-order valence-electron chi connectivity index (χ1n) is 9.11. The SMILES string of the molecule is C=C(C(=O)OC(C)(C)CCOc1cc2ccccc2c2ccccc12)C(F)(F)F. The zero-order valence-electron chi connectivity index (χ0n) is 16.2. The topological polar surface area (TPSA) is 35.5 Å². The van der Waals surface area contributed by atoms with Crippen LogP contribution < -0.4 is 4.74 Å². The molecule has 0 unspecified atom stereocenters. The highest BCUT2D eigenvalue weighted by atomic mass is 19.4. The first-order valence-corrected chi connectivity index (χ1v) is 9.11. The lowest BCUT2D eigenvalue weighted by Crippen LogP contribution is -2.33. The van der Waals surface area contributed by atoms with E-state index in [9.17, 15) is 18.0 Å². The van der Waals surface area contributed by atoms with Crippen molar-refractivity contribution in [3.8, 4) is 5.75 Å². The summed E-state index contributed by atoms with van der Waals surface area (Å²) < 4.78 is 48.7. The Hall–Kier alpha value is -3.02. The van der Waals surface area contributed by atoms with E-state index in [1.54, 1.807) is 0 Å². The van der Waals surface area contributed by atoms with Gasteiger partial charge in [0.1, 0.15) is 16.9 Å². The fourth-order valence-corrected chi connectivity index (χ4v) is 3.03. The molecular formula is C23H21F3O3. The number of ether oxygens (including phenoxy) is 2. The summed E-state index contributed by atoms with van der Waals surface area (Å²) in [6, 6.07) is 17.7. The van der Waals surface area contributed by atoms with E-state index in [1.807, 2.05) is 54.6 Å². The maximum Gasteiger partial charge on any atom is 0.422 e. The predicted octanol–water partition coefficient (Wildman–Crippen LogP) is 6.20. The van der Waals surface area contributed by atoms with Crippen LogP contribution in [0.1, 0.15) is 20.3 Å². The Morgan fingerprint density at radius 1 is 0.966 bits per heavy atom. The fourth-order valence-electron chi connectivity index (χ4n) is 3.03. The number of carbonyl (C=O) groups excluding carboxylic acids is 1. The number of esters is 1. The second-order valence-electron chi connectivity index (χ2n) is 7.37. The third-order valence-electron chi connectivity index (χ3n) is 4.65. The minimum atomic E-state index is -4.81. The lowest BCUT2D eigenvalue weighted by Gasteiger charge is -2.26. The van der Waals surface area contributed by atoms with Crippen molar-refractivity contribution in [2.24, 2.45) is 0 Å². The number of fused-ring (bicyclic) bond motifs is 3. The van der Waals surface area contributed by atoms with Gasteiger partial charge in [-0.2, -0.15) is 13.2 Å². The van der Waals surface area contributed by atoms with Crippen molar-refractivity contribution < 1.29 is 27.4 Å². The summed E-state index contributed by atoms with van der Waals surface area (Å²) >= 11 is 0. The summed E-state index contributed by atoms with van der Waals surface area (Å²) in [5, 5.41) is 4.11. The van der Waals surface area contributed by atoms with Crippen molar-refractivity contribution in [3.63, 3.8) is 0 Å². The molecule has 0 spiro atoms. The van der Waals surface area contributed by atoms with Crippen LogP contribution in [0.5, 0.6) is 5.75 Å². The summed E-state index contributed by atoms with van der Waals surface area (Å²) in [5.41, 5.74) is -2.66. The van der Waals surface area contributed by atoms with E-state index in [4.69, 9.17) is 9.47 Å². The number of benzene rings is 3. The molecule has 29 heavy (non-hydrogen) atoms. The van der Waals surface area contributed by atoms with Crippen molar-refractivity contribution in [2.45, 2.75) is 32.0 Å². The molecule has 3 nitrogen and oxygen atoms in total. The number of alkyl halides is 3. The van der Waals surface area contributed by atoms with Gasteiger partial charge in [0.15, 0.2) is 0 Å². The van der Waals surface area contributed by atoms with Crippen LogP contribution in [0.15, 0.2) is 66.7 Å². The fraction of sp³-hybridized carbons (Fsp3) is 0.261. The third kappa shape index (κ3) is 4.70. The van der Waals surface area contributed by atoms with Gasteiger partial charge in [-0.05, 0) is 36.1 Å². The van der Waals surface area contributed by atoms with Gasteiger partial charge in [0.05, 0.1) is 6.61 Å². The zero-order chi connectivity index (χ0) is 21.2. The minimum absolute atomic E-state index is 0.168. The number of hydrogen-bond acceptors (Lipinski definition) is 3. The minimum Gasteiger partial charge on any atom is -0.493 e. The Labute approximate surface area is 166 Å². The van der Waals surface area contributed by atoms with E-state index < -0.39 is 23.3 Å². The molecule has 0 aliphatic rings. The van der Waals surface area contributed by atoms with E-state index in [0.717, 1.165) is 21.5 Å². The summed E-state index contributed by atoms with van der Waals surface area (Å²) in [5.74, 6) is -0.806. The molecule has 3 aromatic rings.